The van der Waals surface area contributed by atoms with Gasteiger partial charge in [-0.1, -0.05) is 0 Å². The fraction of sp³-hybridized carbons (Fsp3) is 0.364. The van der Waals surface area contributed by atoms with Crippen molar-refractivity contribution in [2.24, 2.45) is 0 Å². The molecule has 0 saturated heterocycles. The minimum atomic E-state index is 0.616. The van der Waals surface area contributed by atoms with E-state index in [2.05, 4.69) is 39.2 Å². The zero-order valence-corrected chi connectivity index (χ0v) is 18.0. The van der Waals surface area contributed by atoms with Gasteiger partial charge in [0.25, 0.3) is 0 Å². The van der Waals surface area contributed by atoms with Gasteiger partial charge >= 0.3 is 0 Å². The molecule has 6 nitrogen and oxygen atoms in total. The molecule has 2 aromatic heterocycles. The lowest BCUT2D eigenvalue weighted by Crippen LogP contribution is -2.41. The molecule has 1 aromatic carbocycles. The number of nitrogens with zero attached hydrogens (tertiary/aromatic N) is 2. The summed E-state index contributed by atoms with van der Waals surface area (Å²) < 4.78 is 10.5. The number of aryl methyl sites for hydroxylation is 1. The number of benzene rings is 1. The summed E-state index contributed by atoms with van der Waals surface area (Å²) in [5, 5.41) is 5.22. The van der Waals surface area contributed by atoms with Crippen LogP contribution in [0.2, 0.25) is 0 Å². The summed E-state index contributed by atoms with van der Waals surface area (Å²) in [7, 11) is 3.38. The van der Waals surface area contributed by atoms with Crippen molar-refractivity contribution >= 4 is 28.2 Å². The van der Waals surface area contributed by atoms with Crippen LogP contribution >= 0.6 is 12.2 Å². The van der Waals surface area contributed by atoms with E-state index in [0.29, 0.717) is 13.2 Å². The number of nitrogens with one attached hydrogen (secondary N) is 2. The van der Waals surface area contributed by atoms with E-state index in [4.69, 9.17) is 21.7 Å². The summed E-state index contributed by atoms with van der Waals surface area (Å²) in [6.07, 6.45) is 4.49. The third-order valence-electron chi connectivity index (χ3n) is 4.95. The van der Waals surface area contributed by atoms with E-state index in [0.717, 1.165) is 35.9 Å². The highest BCUT2D eigenvalue weighted by molar-refractivity contribution is 7.80. The van der Waals surface area contributed by atoms with Gasteiger partial charge in [-0.3, -0.25) is 4.98 Å². The molecule has 2 heterocycles. The lowest BCUT2D eigenvalue weighted by molar-refractivity contribution is 0.203. The molecule has 7 heteroatoms. The first kappa shape index (κ1) is 21.1. The zero-order valence-electron chi connectivity index (χ0n) is 17.2. The second-order valence-corrected chi connectivity index (χ2v) is 7.28. The Morgan fingerprint density at radius 3 is 2.72 bits per heavy atom. The molecule has 0 aliphatic heterocycles. The van der Waals surface area contributed by atoms with Crippen LogP contribution in [0.1, 0.15) is 16.8 Å². The van der Waals surface area contributed by atoms with Gasteiger partial charge in [0.05, 0.1) is 13.7 Å². The Kier molecular flexibility index (Phi) is 7.43. The third kappa shape index (κ3) is 5.46. The average Bonchev–Trinajstić information content (AvgIpc) is 3.06. The van der Waals surface area contributed by atoms with E-state index in [9.17, 15) is 0 Å². The number of rotatable bonds is 9. The molecule has 2 N–H and O–H groups in total. The van der Waals surface area contributed by atoms with Crippen LogP contribution in [0.25, 0.3) is 10.9 Å². The molecule has 0 atom stereocenters. The van der Waals surface area contributed by atoms with Crippen LogP contribution in [0.4, 0.5) is 0 Å². The quantitative estimate of drug-likeness (QED) is 0.415. The molecule has 29 heavy (non-hydrogen) atoms. The molecular weight excluding hydrogens is 384 g/mol. The number of hydrogen-bond acceptors (Lipinski definition) is 4. The minimum Gasteiger partial charge on any atom is -0.497 e. The van der Waals surface area contributed by atoms with Crippen molar-refractivity contribution in [2.45, 2.75) is 19.9 Å². The maximum atomic E-state index is 5.67. The molecule has 0 saturated carbocycles. The fourth-order valence-electron chi connectivity index (χ4n) is 3.39. The van der Waals surface area contributed by atoms with Crippen molar-refractivity contribution < 1.29 is 9.47 Å². The van der Waals surface area contributed by atoms with Gasteiger partial charge in [-0.15, -0.1) is 0 Å². The topological polar surface area (TPSA) is 62.4 Å². The summed E-state index contributed by atoms with van der Waals surface area (Å²) in [4.78, 5) is 9.78. The number of H-pyrrole nitrogens is 1. The molecule has 154 valence electrons. The molecule has 0 unspecified atom stereocenters. The Hall–Kier alpha value is -2.64. The molecule has 0 aliphatic rings. The molecule has 0 radical (unpaired) electrons. The van der Waals surface area contributed by atoms with Crippen LogP contribution < -0.4 is 10.1 Å². The Labute approximate surface area is 177 Å². The maximum absolute atomic E-state index is 5.67. The number of pyridine rings is 1. The first-order valence-electron chi connectivity index (χ1n) is 9.68. The fourth-order valence-corrected chi connectivity index (χ4v) is 3.65. The van der Waals surface area contributed by atoms with Gasteiger partial charge in [0, 0.05) is 55.7 Å². The molecule has 3 rings (SSSR count). The van der Waals surface area contributed by atoms with Gasteiger partial charge in [-0.2, -0.15) is 0 Å². The van der Waals surface area contributed by atoms with Crippen LogP contribution in [0.3, 0.4) is 0 Å². The Morgan fingerprint density at radius 1 is 1.21 bits per heavy atom. The summed E-state index contributed by atoms with van der Waals surface area (Å²) >= 11 is 5.67. The average molecular weight is 413 g/mol. The maximum Gasteiger partial charge on any atom is 0.169 e. The second kappa shape index (κ2) is 10.2. The van der Waals surface area contributed by atoms with E-state index in [1.54, 1.807) is 14.2 Å². The minimum absolute atomic E-state index is 0.616. The van der Waals surface area contributed by atoms with Gasteiger partial charge in [-0.05, 0) is 67.0 Å². The van der Waals surface area contributed by atoms with E-state index >= 15 is 0 Å². The highest BCUT2D eigenvalue weighted by Crippen LogP contribution is 2.27. The monoisotopic (exact) mass is 412 g/mol. The summed E-state index contributed by atoms with van der Waals surface area (Å²) in [6.45, 7) is 4.94. The van der Waals surface area contributed by atoms with Gasteiger partial charge < -0.3 is 24.7 Å². The van der Waals surface area contributed by atoms with Crippen molar-refractivity contribution in [3.8, 4) is 5.75 Å². The second-order valence-electron chi connectivity index (χ2n) is 6.89. The van der Waals surface area contributed by atoms with Crippen molar-refractivity contribution in [1.82, 2.24) is 20.2 Å². The molecule has 0 bridgehead atoms. The standard InChI is InChI=1S/C22H28N4O2S/c1-16-19(20-14-18(28-3)4-5-21(20)25-16)8-12-26(22(29)24-11-13-27-2)15-17-6-9-23-10-7-17/h4-7,9-10,14,25H,8,11-13,15H2,1-3H3,(H,24,29). The SMILES string of the molecule is COCCNC(=S)N(CCc1c(C)[nH]c2ccc(OC)cc12)Cc1ccncc1. The van der Waals surface area contributed by atoms with Crippen molar-refractivity contribution in [2.75, 3.05) is 33.9 Å². The molecular formula is C22H28N4O2S. The van der Waals surface area contributed by atoms with Gasteiger partial charge in [0.1, 0.15) is 5.75 Å². The summed E-state index contributed by atoms with van der Waals surface area (Å²) in [5.41, 5.74) is 4.77. The van der Waals surface area contributed by atoms with Gasteiger partial charge in [0.2, 0.25) is 0 Å². The molecule has 0 fully saturated rings. The number of aromatic nitrogens is 2. The molecule has 0 amide bonds. The number of methoxy groups -OCH3 is 2. The van der Waals surface area contributed by atoms with E-state index in [1.165, 1.54) is 22.2 Å². The van der Waals surface area contributed by atoms with Gasteiger partial charge in [-0.25, -0.2) is 0 Å². The first-order chi connectivity index (χ1) is 14.1. The number of hydrogen-bond donors (Lipinski definition) is 2. The van der Waals surface area contributed by atoms with Crippen LogP contribution in [0.15, 0.2) is 42.7 Å². The van der Waals surface area contributed by atoms with Crippen molar-refractivity contribution in [3.05, 3.63) is 59.5 Å². The number of aromatic amines is 1. The lowest BCUT2D eigenvalue weighted by Gasteiger charge is -2.26. The first-order valence-corrected chi connectivity index (χ1v) is 10.1. The Morgan fingerprint density at radius 2 is 2.00 bits per heavy atom. The third-order valence-corrected chi connectivity index (χ3v) is 5.35. The molecule has 0 aliphatic carbocycles. The lowest BCUT2D eigenvalue weighted by atomic mass is 10.1. The van der Waals surface area contributed by atoms with Crippen LogP contribution in [0, 0.1) is 6.92 Å². The number of fused-ring (bicyclic) bond motifs is 1. The highest BCUT2D eigenvalue weighted by atomic mass is 32.1. The number of ether oxygens (including phenoxy) is 2. The predicted molar refractivity (Wildman–Crippen MR) is 120 cm³/mol. The zero-order chi connectivity index (χ0) is 20.6. The largest absolute Gasteiger partial charge is 0.497 e. The highest BCUT2D eigenvalue weighted by Gasteiger charge is 2.14. The van der Waals surface area contributed by atoms with Crippen molar-refractivity contribution in [3.63, 3.8) is 0 Å². The number of thiocarbonyl (C=S) groups is 1. The summed E-state index contributed by atoms with van der Waals surface area (Å²) in [6, 6.07) is 10.2. The van der Waals surface area contributed by atoms with E-state index < -0.39 is 0 Å². The molecule has 0 spiro atoms. The molecule has 3 aromatic rings. The smallest absolute Gasteiger partial charge is 0.169 e. The predicted octanol–water partition coefficient (Wildman–Crippen LogP) is 3.45. The summed E-state index contributed by atoms with van der Waals surface area (Å²) in [5.74, 6) is 0.864. The van der Waals surface area contributed by atoms with Crippen LogP contribution in [-0.2, 0) is 17.7 Å². The van der Waals surface area contributed by atoms with E-state index in [-0.39, 0.29) is 0 Å². The normalized spacial score (nSPS) is 10.9. The van der Waals surface area contributed by atoms with Crippen molar-refractivity contribution in [1.29, 1.82) is 0 Å². The Balaban J connectivity index is 1.77. The van der Waals surface area contributed by atoms with Gasteiger partial charge in [0.15, 0.2) is 5.11 Å². The van der Waals surface area contributed by atoms with E-state index in [1.807, 2.05) is 30.6 Å². The Bertz CT molecular complexity index is 943. The van der Waals surface area contributed by atoms with Crippen LogP contribution in [-0.4, -0.2) is 53.9 Å². The van der Waals surface area contributed by atoms with Crippen LogP contribution in [0.5, 0.6) is 5.75 Å².